The first-order chi connectivity index (χ1) is 0. The molecule has 8 heavy (non-hydrogen) atoms. The van der Waals surface area contributed by atoms with Gasteiger partial charge in [-0.2, -0.15) is 0 Å². The maximum Gasteiger partial charge on any atom is 0 e. The van der Waals surface area contributed by atoms with Gasteiger partial charge in [-0.3, -0.25) is 0 Å². The van der Waals surface area contributed by atoms with Crippen LogP contribution < -0.4 is 0 Å². The Morgan fingerprint density at radius 2 is 0.250 bits per heavy atom. The van der Waals surface area contributed by atoms with Gasteiger partial charge in [0.2, 0.25) is 0 Å². The Morgan fingerprint density at radius 1 is 0.250 bits per heavy atom. The van der Waals surface area contributed by atoms with E-state index in [-0.39, 0.29) is 100 Å². The SMILES string of the molecule is [Be].[Be].[Be].[Be].[Be].[Be].[Be].[Na]. The van der Waals surface area contributed by atoms with E-state index < -0.39 is 0 Å². The first kappa shape index (κ1) is 180. The van der Waals surface area contributed by atoms with Crippen LogP contribution in [0.25, 0.3) is 0 Å². The first-order valence-electron chi connectivity index (χ1n) is 0. The topological polar surface area (TPSA) is 0 Å². The second-order valence-corrected chi connectivity index (χ2v) is 0. The molecule has 0 heterocycles. The summed E-state index contributed by atoms with van der Waals surface area (Å²) in [6.07, 6.45) is 0. The molecule has 0 saturated heterocycles. The van der Waals surface area contributed by atoms with Crippen LogP contribution in [0, 0.1) is 0 Å². The van der Waals surface area contributed by atoms with Crippen LogP contribution in [0.3, 0.4) is 0 Å². The molecule has 0 saturated carbocycles. The largest absolute Gasteiger partial charge is 0 e. The van der Waals surface area contributed by atoms with Crippen molar-refractivity contribution in [3.63, 3.8) is 0 Å². The fourth-order valence-corrected chi connectivity index (χ4v) is 0. The minimum absolute atomic E-state index is 0. The Morgan fingerprint density at radius 3 is 0.250 bits per heavy atom. The van der Waals surface area contributed by atoms with Crippen LogP contribution >= 0.6 is 0 Å². The molecule has 0 nitrogen and oxygen atoms in total. The molecule has 8 heteroatoms. The van der Waals surface area contributed by atoms with E-state index in [0.29, 0.717) is 0 Å². The molecular formula is Be7Na. The quantitative estimate of drug-likeness (QED) is 0.275. The summed E-state index contributed by atoms with van der Waals surface area (Å²) >= 11 is 0. The van der Waals surface area contributed by atoms with E-state index in [1.165, 1.54) is 0 Å². The third-order valence-electron chi connectivity index (χ3n) is 0. The van der Waals surface area contributed by atoms with Gasteiger partial charge in [-0.25, -0.2) is 0 Å². The Balaban J connectivity index is 0. The van der Waals surface area contributed by atoms with Crippen molar-refractivity contribution >= 4 is 100 Å². The van der Waals surface area contributed by atoms with E-state index in [4.69, 9.17) is 0 Å². The summed E-state index contributed by atoms with van der Waals surface area (Å²) in [6, 6.07) is 0. The fraction of sp³-hybridized carbons (Fsp3) is 0. The molecule has 0 bridgehead atoms. The third-order valence-corrected chi connectivity index (χ3v) is 0. The molecule has 15 valence electrons. The smallest absolute Gasteiger partial charge is 0 e. The molecule has 0 aliphatic heterocycles. The molecule has 0 aliphatic carbocycles. The zero-order valence-electron chi connectivity index (χ0n) is 5.95. The van der Waals surface area contributed by atoms with Gasteiger partial charge in [-0.1, -0.05) is 0 Å². The number of hydrogen-bond acceptors (Lipinski definition) is 0. The first-order valence-corrected chi connectivity index (χ1v) is 0. The van der Waals surface area contributed by atoms with E-state index in [0.717, 1.165) is 0 Å². The Labute approximate surface area is 99.5 Å². The Hall–Kier alpha value is 2.18. The molecule has 0 aromatic rings. The normalized spacial score (nSPS) is 0. The summed E-state index contributed by atoms with van der Waals surface area (Å²) in [5.74, 6) is 0. The van der Waals surface area contributed by atoms with Gasteiger partial charge in [0.05, 0.1) is 0 Å². The van der Waals surface area contributed by atoms with Gasteiger partial charge in [0.1, 0.15) is 0 Å². The minimum Gasteiger partial charge on any atom is 0 e. The molecule has 0 aliphatic rings. The standard InChI is InChI=1S/7Be.Na. The van der Waals surface area contributed by atoms with Gasteiger partial charge in [-0.15, -0.1) is 0 Å². The molecule has 0 unspecified atom stereocenters. The van der Waals surface area contributed by atoms with Crippen LogP contribution in [0.15, 0.2) is 0 Å². The average Bonchev–Trinajstić information content (AvgIpc) is 0. The van der Waals surface area contributed by atoms with Crippen molar-refractivity contribution < 1.29 is 0 Å². The van der Waals surface area contributed by atoms with Crippen molar-refractivity contribution in [2.24, 2.45) is 0 Å². The molecule has 0 N–H and O–H groups in total. The van der Waals surface area contributed by atoms with Crippen LogP contribution in [0.4, 0.5) is 0 Å². The number of hydrogen-bond donors (Lipinski definition) is 0. The Kier molecular flexibility index (Phi) is 2910. The summed E-state index contributed by atoms with van der Waals surface area (Å²) in [7, 11) is 0. The van der Waals surface area contributed by atoms with E-state index in [1.54, 1.807) is 0 Å². The summed E-state index contributed by atoms with van der Waals surface area (Å²) in [5.41, 5.74) is 0. The van der Waals surface area contributed by atoms with Crippen molar-refractivity contribution in [3.05, 3.63) is 0 Å². The van der Waals surface area contributed by atoms with Crippen molar-refractivity contribution in [2.75, 3.05) is 0 Å². The van der Waals surface area contributed by atoms with Crippen LogP contribution in [-0.4, -0.2) is 100 Å². The van der Waals surface area contributed by atoms with Gasteiger partial charge in [0, 0.05) is 100 Å². The molecule has 0 spiro atoms. The van der Waals surface area contributed by atoms with Gasteiger partial charge >= 0.3 is 0 Å². The fourth-order valence-electron chi connectivity index (χ4n) is 0. The second kappa shape index (κ2) is 129. The predicted octanol–water partition coefficient (Wildman–Crippen LogP) is -3.05. The molecule has 0 amide bonds. The van der Waals surface area contributed by atoms with Crippen molar-refractivity contribution in [2.45, 2.75) is 0 Å². The van der Waals surface area contributed by atoms with Crippen LogP contribution in [0.2, 0.25) is 0 Å². The molecule has 0 fully saturated rings. The monoisotopic (exact) mass is 86.1 g/mol. The molecule has 0 aromatic carbocycles. The van der Waals surface area contributed by atoms with E-state index >= 15 is 0 Å². The van der Waals surface area contributed by atoms with Crippen LogP contribution in [0.1, 0.15) is 0 Å². The van der Waals surface area contributed by atoms with Gasteiger partial charge in [0.15, 0.2) is 0 Å². The van der Waals surface area contributed by atoms with Crippen LogP contribution in [0.5, 0.6) is 0 Å². The van der Waals surface area contributed by atoms with E-state index in [9.17, 15) is 0 Å². The van der Waals surface area contributed by atoms with Gasteiger partial charge in [0.25, 0.3) is 0 Å². The van der Waals surface area contributed by atoms with Crippen molar-refractivity contribution in [1.29, 1.82) is 0 Å². The summed E-state index contributed by atoms with van der Waals surface area (Å²) < 4.78 is 0. The molecular weight excluding hydrogens is 86.1 g/mol. The van der Waals surface area contributed by atoms with Gasteiger partial charge in [-0.05, 0) is 0 Å². The van der Waals surface area contributed by atoms with Crippen molar-refractivity contribution in [1.82, 2.24) is 0 Å². The molecule has 15 radical (unpaired) electrons. The number of rotatable bonds is 0. The summed E-state index contributed by atoms with van der Waals surface area (Å²) in [6.45, 7) is 0. The van der Waals surface area contributed by atoms with Gasteiger partial charge < -0.3 is 0 Å². The molecule has 0 aromatic heterocycles. The maximum absolute atomic E-state index is 0. The average molecular weight is 86.1 g/mol. The molecule has 0 rings (SSSR count). The van der Waals surface area contributed by atoms with E-state index in [1.807, 2.05) is 0 Å². The molecule has 0 atom stereocenters. The summed E-state index contributed by atoms with van der Waals surface area (Å²) in [4.78, 5) is 0. The zero-order chi connectivity index (χ0) is 0. The van der Waals surface area contributed by atoms with Crippen molar-refractivity contribution in [3.8, 4) is 0 Å². The van der Waals surface area contributed by atoms with E-state index in [2.05, 4.69) is 0 Å². The maximum atomic E-state index is 0. The Bertz CT molecular complexity index is 4.35. The minimum atomic E-state index is 0. The third kappa shape index (κ3) is 88.7. The summed E-state index contributed by atoms with van der Waals surface area (Å²) in [5, 5.41) is 0. The zero-order valence-corrected chi connectivity index (χ0v) is 7.95. The second-order valence-electron chi connectivity index (χ2n) is 0. The van der Waals surface area contributed by atoms with Crippen LogP contribution in [-0.2, 0) is 0 Å². The predicted molar refractivity (Wildman–Crippen MR) is 46.0 cm³/mol.